The molecule has 2 aromatic rings. The first kappa shape index (κ1) is 45.9. The van der Waals surface area contributed by atoms with Gasteiger partial charge < -0.3 is 52.1 Å². The van der Waals surface area contributed by atoms with Crippen LogP contribution in [-0.2, 0) is 53.6 Å². The number of nitrogens with zero attached hydrogens (tertiary/aromatic N) is 3. The number of carbonyl (C=O) groups excluding carboxylic acids is 5. The van der Waals surface area contributed by atoms with E-state index in [9.17, 15) is 29.1 Å². The molecule has 0 bridgehead atoms. The third-order valence-corrected chi connectivity index (χ3v) is 10.9. The number of anilines is 1. The predicted molar refractivity (Wildman–Crippen MR) is 214 cm³/mol. The van der Waals surface area contributed by atoms with Gasteiger partial charge in [-0.15, -0.1) is 5.10 Å². The first-order chi connectivity index (χ1) is 27.2. The van der Waals surface area contributed by atoms with Gasteiger partial charge in [0.1, 0.15) is 18.3 Å². The zero-order valence-electron chi connectivity index (χ0n) is 34.9. The molecule has 1 aromatic carbocycles. The SMILES string of the molecule is CC(C)C(NC(=O)CCC(C)(C)OCCC(C)(C)n1nnc2c1CCC1C(CC2)C1COC(=O)NC(C)(N)CO)C(=O)NCC(=O)Nc1ccc(COC(N)=O)cc1. The van der Waals surface area contributed by atoms with Crippen LogP contribution in [-0.4, -0.2) is 93.7 Å². The molecule has 1 fully saturated rings. The van der Waals surface area contributed by atoms with Crippen molar-refractivity contribution in [3.8, 4) is 0 Å². The van der Waals surface area contributed by atoms with E-state index in [0.717, 1.165) is 37.1 Å². The van der Waals surface area contributed by atoms with Crippen LogP contribution in [0.25, 0.3) is 0 Å². The maximum absolute atomic E-state index is 13.0. The molecule has 2 aliphatic rings. The third-order valence-electron chi connectivity index (χ3n) is 10.9. The average Bonchev–Trinajstić information content (AvgIpc) is 3.63. The van der Waals surface area contributed by atoms with Crippen LogP contribution in [0.3, 0.4) is 0 Å². The molecule has 5 unspecified atom stereocenters. The van der Waals surface area contributed by atoms with Crippen LogP contribution in [0.2, 0.25) is 0 Å². The fourth-order valence-corrected chi connectivity index (χ4v) is 7.25. The van der Waals surface area contributed by atoms with Gasteiger partial charge >= 0.3 is 12.2 Å². The smallest absolute Gasteiger partial charge is 0.408 e. The van der Waals surface area contributed by atoms with E-state index in [0.29, 0.717) is 49.1 Å². The van der Waals surface area contributed by atoms with E-state index < -0.39 is 47.9 Å². The van der Waals surface area contributed by atoms with Gasteiger partial charge in [-0.05, 0) is 115 Å². The number of aromatic nitrogens is 3. The molecule has 18 heteroatoms. The number of fused-ring (bicyclic) bond motifs is 2. The van der Waals surface area contributed by atoms with Crippen molar-refractivity contribution in [2.75, 3.05) is 31.7 Å². The van der Waals surface area contributed by atoms with Gasteiger partial charge in [0, 0.05) is 18.7 Å². The summed E-state index contributed by atoms with van der Waals surface area (Å²) in [7, 11) is 0. The Bertz CT molecular complexity index is 1740. The van der Waals surface area contributed by atoms with Gasteiger partial charge in [0.05, 0.1) is 42.3 Å². The number of alkyl carbamates (subject to hydrolysis) is 1. The molecule has 9 N–H and O–H groups in total. The predicted octanol–water partition coefficient (Wildman–Crippen LogP) is 2.60. The van der Waals surface area contributed by atoms with E-state index in [1.807, 2.05) is 32.4 Å². The fourth-order valence-electron chi connectivity index (χ4n) is 7.25. The molecule has 2 aliphatic carbocycles. The van der Waals surface area contributed by atoms with E-state index in [-0.39, 0.29) is 42.9 Å². The average molecular weight is 814 g/mol. The van der Waals surface area contributed by atoms with Gasteiger partial charge in [-0.3, -0.25) is 14.4 Å². The Morgan fingerprint density at radius 2 is 1.64 bits per heavy atom. The minimum Gasteiger partial charge on any atom is -0.449 e. The number of aliphatic hydroxyl groups is 1. The largest absolute Gasteiger partial charge is 0.449 e. The summed E-state index contributed by atoms with van der Waals surface area (Å²) in [5, 5.41) is 29.0. The molecule has 5 amide bonds. The Labute approximate surface area is 340 Å². The van der Waals surface area contributed by atoms with Gasteiger partial charge in [0.25, 0.3) is 0 Å². The highest BCUT2D eigenvalue weighted by molar-refractivity contribution is 5.96. The summed E-state index contributed by atoms with van der Waals surface area (Å²) in [6, 6.07) is 5.77. The summed E-state index contributed by atoms with van der Waals surface area (Å²) in [4.78, 5) is 61.5. The molecule has 58 heavy (non-hydrogen) atoms. The first-order valence-electron chi connectivity index (χ1n) is 20.0. The molecule has 0 spiro atoms. The number of hydrogen-bond donors (Lipinski definition) is 7. The van der Waals surface area contributed by atoms with Crippen LogP contribution in [0.15, 0.2) is 24.3 Å². The summed E-state index contributed by atoms with van der Waals surface area (Å²) < 4.78 is 18.5. The molecule has 0 aliphatic heterocycles. The van der Waals surface area contributed by atoms with Crippen LogP contribution in [0.4, 0.5) is 15.3 Å². The second-order valence-corrected chi connectivity index (χ2v) is 17.3. The van der Waals surface area contributed by atoms with E-state index in [4.69, 9.17) is 25.7 Å². The van der Waals surface area contributed by atoms with Crippen molar-refractivity contribution in [1.82, 2.24) is 30.9 Å². The molecule has 18 nitrogen and oxygen atoms in total. The summed E-state index contributed by atoms with van der Waals surface area (Å²) in [5.41, 5.74) is 11.8. The molecule has 5 atom stereocenters. The van der Waals surface area contributed by atoms with Crippen LogP contribution >= 0.6 is 0 Å². The number of rotatable bonds is 20. The highest BCUT2D eigenvalue weighted by Gasteiger charge is 2.50. The minimum atomic E-state index is -1.24. The van der Waals surface area contributed by atoms with E-state index in [2.05, 4.69) is 45.4 Å². The number of amides is 5. The van der Waals surface area contributed by atoms with Crippen LogP contribution < -0.4 is 32.7 Å². The summed E-state index contributed by atoms with van der Waals surface area (Å²) in [6.45, 7) is 13.3. The van der Waals surface area contributed by atoms with E-state index >= 15 is 0 Å². The quantitative estimate of drug-likeness (QED) is 0.0952. The van der Waals surface area contributed by atoms with Crippen molar-refractivity contribution in [2.24, 2.45) is 35.1 Å². The lowest BCUT2D eigenvalue weighted by Gasteiger charge is -2.31. The van der Waals surface area contributed by atoms with E-state index in [1.165, 1.54) is 6.92 Å². The monoisotopic (exact) mass is 813 g/mol. The van der Waals surface area contributed by atoms with Gasteiger partial charge in [-0.25, -0.2) is 14.3 Å². The van der Waals surface area contributed by atoms with Gasteiger partial charge in [0.15, 0.2) is 0 Å². The molecule has 322 valence electrons. The van der Waals surface area contributed by atoms with Crippen molar-refractivity contribution in [1.29, 1.82) is 0 Å². The van der Waals surface area contributed by atoms with Crippen LogP contribution in [0.5, 0.6) is 0 Å². The number of aryl methyl sites for hydroxylation is 1. The lowest BCUT2D eigenvalue weighted by molar-refractivity contribution is -0.131. The Morgan fingerprint density at radius 1 is 0.966 bits per heavy atom. The van der Waals surface area contributed by atoms with Crippen LogP contribution in [0.1, 0.15) is 97.5 Å². The molecule has 4 rings (SSSR count). The number of ether oxygens (including phenoxy) is 3. The number of primary amides is 1. The number of nitrogens with one attached hydrogen (secondary N) is 4. The zero-order valence-corrected chi connectivity index (χ0v) is 34.9. The molecular weight excluding hydrogens is 750 g/mol. The van der Waals surface area contributed by atoms with Crippen molar-refractivity contribution in [3.05, 3.63) is 41.2 Å². The number of benzene rings is 1. The maximum Gasteiger partial charge on any atom is 0.408 e. The Hall–Kier alpha value is -4.81. The Kier molecular flexibility index (Phi) is 15.6. The summed E-state index contributed by atoms with van der Waals surface area (Å²) >= 11 is 0. The Balaban J connectivity index is 1.18. The van der Waals surface area contributed by atoms with Crippen molar-refractivity contribution < 1.29 is 43.3 Å². The van der Waals surface area contributed by atoms with Crippen molar-refractivity contribution >= 4 is 35.6 Å². The number of nitrogens with two attached hydrogens (primary N) is 2. The van der Waals surface area contributed by atoms with Gasteiger partial charge in [-0.2, -0.15) is 0 Å². The third kappa shape index (κ3) is 13.7. The van der Waals surface area contributed by atoms with Gasteiger partial charge in [0.2, 0.25) is 17.7 Å². The highest BCUT2D eigenvalue weighted by atomic mass is 16.6. The second kappa shape index (κ2) is 19.8. The van der Waals surface area contributed by atoms with Gasteiger partial charge in [-0.1, -0.05) is 31.2 Å². The zero-order chi connectivity index (χ0) is 42.8. The maximum atomic E-state index is 13.0. The standard InChI is InChI=1S/C40H63N9O9/c1-24(2)34(35(53)43-20-33(52)44-26-10-8-25(9-11-26)21-56-36(41)54)45-32(51)16-17-39(5,6)58-19-18-38(3,4)49-31-15-13-28-27(12-14-30(31)47-48-49)29(28)22-57-37(55)46-40(7,42)23-50/h8-11,24,27-29,34,50H,12-23,42H2,1-7H3,(H2,41,54)(H,43,53)(H,44,52)(H,45,51)(H,46,55). The molecule has 0 saturated heterocycles. The lowest BCUT2D eigenvalue weighted by atomic mass is 9.97. The number of carbonyl (C=O) groups is 5. The Morgan fingerprint density at radius 3 is 2.28 bits per heavy atom. The second-order valence-electron chi connectivity index (χ2n) is 17.3. The van der Waals surface area contributed by atoms with E-state index in [1.54, 1.807) is 24.3 Å². The molecule has 1 heterocycles. The molecule has 0 radical (unpaired) electrons. The molecule has 1 aromatic heterocycles. The first-order valence-corrected chi connectivity index (χ1v) is 20.0. The fraction of sp³-hybridized carbons (Fsp3) is 0.675. The summed E-state index contributed by atoms with van der Waals surface area (Å²) in [5.74, 6) is -0.260. The lowest BCUT2D eigenvalue weighted by Crippen LogP contribution is -2.56. The molecular formula is C40H63N9O9. The van der Waals surface area contributed by atoms with Crippen LogP contribution in [0, 0.1) is 23.7 Å². The van der Waals surface area contributed by atoms with Crippen molar-refractivity contribution in [2.45, 2.75) is 123 Å². The minimum absolute atomic E-state index is 0.00879. The van der Waals surface area contributed by atoms with Crippen molar-refractivity contribution in [3.63, 3.8) is 0 Å². The highest BCUT2D eigenvalue weighted by Crippen LogP contribution is 2.53. The number of aliphatic hydroxyl groups excluding tert-OH is 1. The summed E-state index contributed by atoms with van der Waals surface area (Å²) in [6.07, 6.45) is 3.20. The molecule has 1 saturated carbocycles. The normalized spacial score (nSPS) is 19.2. The number of hydrogen-bond acceptors (Lipinski definition) is 12. The topological polar surface area (TPSA) is 264 Å².